The fourth-order valence-corrected chi connectivity index (χ4v) is 5.26. The summed E-state index contributed by atoms with van der Waals surface area (Å²) >= 11 is 2.51. The Balaban J connectivity index is 1.81. The van der Waals surface area contributed by atoms with Crippen LogP contribution in [0, 0.1) is 0 Å². The Hall–Kier alpha value is -3.39. The maximum atomic E-state index is 13.1. The van der Waals surface area contributed by atoms with Crippen LogP contribution >= 0.6 is 23.1 Å². The van der Waals surface area contributed by atoms with Crippen molar-refractivity contribution in [2.24, 2.45) is 5.16 Å². The molecule has 3 atom stereocenters. The number of thiazole rings is 1. The fourth-order valence-electron chi connectivity index (χ4n) is 3.39. The number of fused-ring (bicyclic) bond motifs is 1. The van der Waals surface area contributed by atoms with E-state index in [0.29, 0.717) is 11.3 Å². The number of hydrogen-bond donors (Lipinski definition) is 2. The Bertz CT molecular complexity index is 1140. The monoisotopic (exact) mass is 537 g/mol. The highest BCUT2D eigenvalue weighted by Gasteiger charge is 2.54. The molecule has 1 fully saturated rings. The first kappa shape index (κ1) is 27.2. The van der Waals surface area contributed by atoms with E-state index in [1.54, 1.807) is 38.3 Å². The molecule has 2 amide bonds. The highest BCUT2D eigenvalue weighted by atomic mass is 32.2. The van der Waals surface area contributed by atoms with Crippen LogP contribution in [-0.4, -0.2) is 68.9 Å². The molecule has 0 spiro atoms. The Morgan fingerprint density at radius 1 is 1.31 bits per heavy atom. The maximum Gasteiger partial charge on any atom is 0.358 e. The summed E-state index contributed by atoms with van der Waals surface area (Å²) in [6, 6.07) is -0.927. The van der Waals surface area contributed by atoms with Gasteiger partial charge in [-0.1, -0.05) is 17.3 Å². The number of nitrogens with one attached hydrogen (secondary N) is 1. The van der Waals surface area contributed by atoms with Crippen molar-refractivity contribution in [1.29, 1.82) is 0 Å². The molecular weight excluding hydrogens is 510 g/mol. The van der Waals surface area contributed by atoms with E-state index in [-0.39, 0.29) is 28.3 Å². The number of carbonyl (C=O) groups excluding carboxylic acids is 4. The van der Waals surface area contributed by atoms with Crippen molar-refractivity contribution in [2.75, 3.05) is 11.5 Å². The van der Waals surface area contributed by atoms with Gasteiger partial charge in [-0.15, -0.1) is 23.1 Å². The summed E-state index contributed by atoms with van der Waals surface area (Å²) in [5, 5.41) is 7.83. The van der Waals surface area contributed by atoms with E-state index in [9.17, 15) is 19.2 Å². The van der Waals surface area contributed by atoms with Crippen molar-refractivity contribution < 1.29 is 33.5 Å². The van der Waals surface area contributed by atoms with E-state index in [1.165, 1.54) is 30.5 Å². The first-order valence-electron chi connectivity index (χ1n) is 11.0. The van der Waals surface area contributed by atoms with Crippen LogP contribution in [0.4, 0.5) is 5.13 Å². The van der Waals surface area contributed by atoms with E-state index in [0.717, 1.165) is 11.3 Å². The van der Waals surface area contributed by atoms with Gasteiger partial charge in [-0.05, 0) is 26.3 Å². The number of amides is 2. The molecule has 14 heteroatoms. The number of anilines is 1. The molecule has 194 valence electrons. The molecule has 0 bridgehead atoms. The SMILES string of the molecule is CC=CC1=C(C(=O)OC(C)OC(C)=O)N2C(=O)[C@@H](NC(=O)C(=NOC(C)C)c3csc(N)n3)[C@@H]2SC1. The van der Waals surface area contributed by atoms with Gasteiger partial charge in [0, 0.05) is 25.0 Å². The molecule has 1 aromatic heterocycles. The largest absolute Gasteiger partial charge is 0.426 e. The predicted octanol–water partition coefficient (Wildman–Crippen LogP) is 1.54. The number of carbonyl (C=O) groups is 4. The Labute approximate surface area is 215 Å². The number of thioether (sulfide) groups is 1. The van der Waals surface area contributed by atoms with Crippen LogP contribution in [0.5, 0.6) is 0 Å². The molecule has 1 saturated heterocycles. The zero-order chi connectivity index (χ0) is 26.6. The molecule has 0 radical (unpaired) electrons. The summed E-state index contributed by atoms with van der Waals surface area (Å²) in [6.07, 6.45) is 2.01. The molecule has 0 saturated carbocycles. The van der Waals surface area contributed by atoms with Crippen LogP contribution in [0.3, 0.4) is 0 Å². The zero-order valence-corrected chi connectivity index (χ0v) is 22.0. The summed E-state index contributed by atoms with van der Waals surface area (Å²) in [5.74, 6) is -2.21. The number of esters is 2. The van der Waals surface area contributed by atoms with E-state index in [2.05, 4.69) is 15.5 Å². The molecule has 1 unspecified atom stereocenters. The van der Waals surface area contributed by atoms with Gasteiger partial charge in [0.2, 0.25) is 6.29 Å². The Morgan fingerprint density at radius 3 is 2.61 bits per heavy atom. The van der Waals surface area contributed by atoms with E-state index < -0.39 is 41.5 Å². The molecule has 36 heavy (non-hydrogen) atoms. The Morgan fingerprint density at radius 2 is 2.03 bits per heavy atom. The van der Waals surface area contributed by atoms with Gasteiger partial charge in [0.1, 0.15) is 28.9 Å². The molecule has 3 N–H and O–H groups in total. The lowest BCUT2D eigenvalue weighted by Gasteiger charge is -2.49. The third-order valence-electron chi connectivity index (χ3n) is 4.78. The van der Waals surface area contributed by atoms with Crippen LogP contribution in [0.2, 0.25) is 0 Å². The van der Waals surface area contributed by atoms with E-state index in [1.807, 2.05) is 0 Å². The second-order valence-corrected chi connectivity index (χ2v) is 9.98. The number of β-lactam (4-membered cyclic amide) rings is 1. The second-order valence-electron chi connectivity index (χ2n) is 7.98. The summed E-state index contributed by atoms with van der Waals surface area (Å²) in [7, 11) is 0. The average Bonchev–Trinajstić information content (AvgIpc) is 3.22. The molecule has 0 aliphatic carbocycles. The Kier molecular flexibility index (Phi) is 8.74. The molecule has 3 rings (SSSR count). The smallest absolute Gasteiger partial charge is 0.358 e. The van der Waals surface area contributed by atoms with Gasteiger partial charge >= 0.3 is 11.9 Å². The normalized spacial score (nSPS) is 20.7. The van der Waals surface area contributed by atoms with Crippen LogP contribution in [0.15, 0.2) is 34.0 Å². The number of allylic oxidation sites excluding steroid dienone is 2. The second kappa shape index (κ2) is 11.6. The minimum Gasteiger partial charge on any atom is -0.426 e. The van der Waals surface area contributed by atoms with Crippen LogP contribution in [-0.2, 0) is 33.5 Å². The van der Waals surface area contributed by atoms with Gasteiger partial charge in [0.25, 0.3) is 11.8 Å². The third-order valence-corrected chi connectivity index (χ3v) is 6.76. The van der Waals surface area contributed by atoms with Gasteiger partial charge in [0.05, 0.1) is 0 Å². The highest BCUT2D eigenvalue weighted by molar-refractivity contribution is 8.00. The van der Waals surface area contributed by atoms with Crippen LogP contribution in [0.1, 0.15) is 40.3 Å². The summed E-state index contributed by atoms with van der Waals surface area (Å²) < 4.78 is 10.1. The summed E-state index contributed by atoms with van der Waals surface area (Å²) in [4.78, 5) is 60.9. The highest BCUT2D eigenvalue weighted by Crippen LogP contribution is 2.41. The van der Waals surface area contributed by atoms with Gasteiger partial charge in [0.15, 0.2) is 10.8 Å². The molecule has 2 aliphatic heterocycles. The minimum atomic E-state index is -1.14. The molecule has 12 nitrogen and oxygen atoms in total. The number of hydrogen-bond acceptors (Lipinski definition) is 12. The van der Waals surface area contributed by atoms with Gasteiger partial charge in [-0.2, -0.15) is 0 Å². The van der Waals surface area contributed by atoms with Crippen molar-refractivity contribution >= 4 is 57.7 Å². The van der Waals surface area contributed by atoms with Crippen LogP contribution < -0.4 is 11.1 Å². The molecule has 3 heterocycles. The van der Waals surface area contributed by atoms with Crippen molar-refractivity contribution in [3.05, 3.63) is 34.5 Å². The number of ether oxygens (including phenoxy) is 2. The molecule has 2 aliphatic rings. The van der Waals surface area contributed by atoms with Gasteiger partial charge in [-0.3, -0.25) is 19.3 Å². The average molecular weight is 538 g/mol. The number of nitrogens with two attached hydrogens (primary N) is 1. The zero-order valence-electron chi connectivity index (χ0n) is 20.3. The predicted molar refractivity (Wildman–Crippen MR) is 133 cm³/mol. The fraction of sp³-hybridized carbons (Fsp3) is 0.455. The first-order chi connectivity index (χ1) is 17.0. The van der Waals surface area contributed by atoms with E-state index >= 15 is 0 Å². The van der Waals surface area contributed by atoms with Crippen molar-refractivity contribution in [3.8, 4) is 0 Å². The third kappa shape index (κ3) is 6.05. The van der Waals surface area contributed by atoms with Crippen LogP contribution in [0.25, 0.3) is 0 Å². The number of rotatable bonds is 9. The summed E-state index contributed by atoms with van der Waals surface area (Å²) in [5.41, 5.74) is 6.40. The van der Waals surface area contributed by atoms with Gasteiger partial charge in [-0.25, -0.2) is 9.78 Å². The number of nitrogens with zero attached hydrogens (tertiary/aromatic N) is 3. The minimum absolute atomic E-state index is 0.0376. The first-order valence-corrected chi connectivity index (χ1v) is 12.9. The lowest BCUT2D eigenvalue weighted by molar-refractivity contribution is -0.182. The van der Waals surface area contributed by atoms with Gasteiger partial charge < -0.3 is 25.4 Å². The van der Waals surface area contributed by atoms with Crippen molar-refractivity contribution in [2.45, 2.75) is 58.4 Å². The molecular formula is C22H27N5O7S2. The number of nitrogen functional groups attached to an aromatic ring is 1. The molecule has 1 aromatic rings. The number of aromatic nitrogens is 1. The summed E-state index contributed by atoms with van der Waals surface area (Å²) in [6.45, 7) is 7.87. The molecule has 0 aromatic carbocycles. The number of oxime groups is 1. The quantitative estimate of drug-likeness (QED) is 0.155. The maximum absolute atomic E-state index is 13.1. The van der Waals surface area contributed by atoms with Crippen molar-refractivity contribution in [3.63, 3.8) is 0 Å². The van der Waals surface area contributed by atoms with E-state index in [4.69, 9.17) is 20.0 Å². The topological polar surface area (TPSA) is 163 Å². The lowest BCUT2D eigenvalue weighted by Crippen LogP contribution is -2.71. The lowest BCUT2D eigenvalue weighted by atomic mass is 10.0. The van der Waals surface area contributed by atoms with Crippen molar-refractivity contribution in [1.82, 2.24) is 15.2 Å². The standard InChI is InChI=1S/C22H27N5O7S2/c1-6-7-13-8-35-20-16(19(30)27(20)17(13)21(31)33-12(5)32-11(4)28)25-18(29)15(26-34-10(2)3)14-9-36-22(23)24-14/h6-7,9-10,12,16,20H,8H2,1-5H3,(H2,23,24)(H,25,29)/t12?,16-,20+/m1/s1.